The second-order valence-electron chi connectivity index (χ2n) is 5.24. The summed E-state index contributed by atoms with van der Waals surface area (Å²) in [6.07, 6.45) is 3.71. The van der Waals surface area contributed by atoms with Gasteiger partial charge < -0.3 is 10.2 Å². The van der Waals surface area contributed by atoms with Crippen molar-refractivity contribution in [1.82, 2.24) is 10.2 Å². The highest BCUT2D eigenvalue weighted by Gasteiger charge is 2.53. The molecule has 16 heavy (non-hydrogen) atoms. The van der Waals surface area contributed by atoms with E-state index in [1.54, 1.807) is 6.92 Å². The summed E-state index contributed by atoms with van der Waals surface area (Å²) in [4.78, 5) is 26.2. The molecule has 1 heterocycles. The van der Waals surface area contributed by atoms with E-state index < -0.39 is 5.54 Å². The van der Waals surface area contributed by atoms with Crippen LogP contribution in [0.2, 0.25) is 0 Å². The van der Waals surface area contributed by atoms with Gasteiger partial charge in [0.25, 0.3) is 0 Å². The van der Waals surface area contributed by atoms with E-state index in [1.165, 1.54) is 0 Å². The van der Waals surface area contributed by atoms with Gasteiger partial charge in [-0.15, -0.1) is 0 Å². The number of nitrogens with one attached hydrogen (secondary N) is 1. The zero-order valence-corrected chi connectivity index (χ0v) is 10.2. The minimum atomic E-state index is -0.544. The van der Waals surface area contributed by atoms with Gasteiger partial charge in [-0.1, -0.05) is 12.8 Å². The predicted molar refractivity (Wildman–Crippen MR) is 60.8 cm³/mol. The van der Waals surface area contributed by atoms with Crippen molar-refractivity contribution in [1.29, 1.82) is 0 Å². The molecule has 0 aromatic carbocycles. The molecule has 2 amide bonds. The van der Waals surface area contributed by atoms with Gasteiger partial charge in [-0.3, -0.25) is 9.59 Å². The lowest BCUT2D eigenvalue weighted by Crippen LogP contribution is -2.70. The highest BCUT2D eigenvalue weighted by Crippen LogP contribution is 2.39. The zero-order valence-electron chi connectivity index (χ0n) is 10.2. The van der Waals surface area contributed by atoms with E-state index in [2.05, 4.69) is 5.32 Å². The molecule has 2 rings (SSSR count). The molecular formula is C12H20N2O2. The first-order chi connectivity index (χ1) is 7.49. The van der Waals surface area contributed by atoms with Crippen LogP contribution in [-0.2, 0) is 9.59 Å². The lowest BCUT2D eigenvalue weighted by molar-refractivity contribution is -0.159. The molecule has 2 fully saturated rings. The minimum Gasteiger partial charge on any atom is -0.343 e. The van der Waals surface area contributed by atoms with Crippen molar-refractivity contribution in [3.05, 3.63) is 0 Å². The molecule has 1 saturated carbocycles. The summed E-state index contributed by atoms with van der Waals surface area (Å²) in [7, 11) is 0. The van der Waals surface area contributed by atoms with Crippen LogP contribution in [0.25, 0.3) is 0 Å². The van der Waals surface area contributed by atoms with Crippen molar-refractivity contribution in [3.8, 4) is 0 Å². The van der Waals surface area contributed by atoms with E-state index in [0.717, 1.165) is 25.7 Å². The van der Waals surface area contributed by atoms with Crippen LogP contribution >= 0.6 is 0 Å². The fourth-order valence-corrected chi connectivity index (χ4v) is 3.10. The number of hydrogen-bond acceptors (Lipinski definition) is 2. The van der Waals surface area contributed by atoms with E-state index in [-0.39, 0.29) is 23.9 Å². The molecule has 0 radical (unpaired) electrons. The molecule has 1 spiro atoms. The molecule has 1 saturated heterocycles. The van der Waals surface area contributed by atoms with E-state index in [9.17, 15) is 9.59 Å². The van der Waals surface area contributed by atoms with Crippen LogP contribution in [0.5, 0.6) is 0 Å². The molecule has 1 unspecified atom stereocenters. The summed E-state index contributed by atoms with van der Waals surface area (Å²) in [5.41, 5.74) is -0.544. The monoisotopic (exact) mass is 224 g/mol. The molecule has 2 aliphatic rings. The van der Waals surface area contributed by atoms with E-state index in [4.69, 9.17) is 0 Å². The number of carbonyl (C=O) groups excluding carboxylic acids is 2. The van der Waals surface area contributed by atoms with Crippen LogP contribution in [0.15, 0.2) is 0 Å². The summed E-state index contributed by atoms with van der Waals surface area (Å²) in [5, 5.41) is 2.82. The standard InChI is InChI=1S/C12H20N2O2/c1-8(2)14-10(15)9(3)13-11(16)12(14)6-4-5-7-12/h8-9H,4-7H2,1-3H3,(H,13,16). The number of rotatable bonds is 1. The topological polar surface area (TPSA) is 49.4 Å². The minimum absolute atomic E-state index is 0.0470. The van der Waals surface area contributed by atoms with Crippen LogP contribution in [0, 0.1) is 0 Å². The van der Waals surface area contributed by atoms with Crippen molar-refractivity contribution in [2.75, 3.05) is 0 Å². The lowest BCUT2D eigenvalue weighted by Gasteiger charge is -2.47. The van der Waals surface area contributed by atoms with Crippen molar-refractivity contribution in [2.45, 2.75) is 64.1 Å². The molecule has 0 bridgehead atoms. The summed E-state index contributed by atoms with van der Waals surface area (Å²) in [6, 6.07) is -0.278. The second kappa shape index (κ2) is 3.75. The van der Waals surface area contributed by atoms with Gasteiger partial charge in [0, 0.05) is 6.04 Å². The van der Waals surface area contributed by atoms with Crippen molar-refractivity contribution in [3.63, 3.8) is 0 Å². The molecule has 1 aliphatic heterocycles. The molecule has 1 aliphatic carbocycles. The summed E-state index contributed by atoms with van der Waals surface area (Å²) >= 11 is 0. The first-order valence-corrected chi connectivity index (χ1v) is 6.13. The van der Waals surface area contributed by atoms with Crippen LogP contribution in [0.1, 0.15) is 46.5 Å². The van der Waals surface area contributed by atoms with Crippen LogP contribution < -0.4 is 5.32 Å². The second-order valence-corrected chi connectivity index (χ2v) is 5.24. The normalized spacial score (nSPS) is 29.0. The number of piperazine rings is 1. The lowest BCUT2D eigenvalue weighted by atomic mass is 9.88. The number of hydrogen-bond donors (Lipinski definition) is 1. The van der Waals surface area contributed by atoms with E-state index in [0.29, 0.717) is 0 Å². The van der Waals surface area contributed by atoms with Crippen LogP contribution in [0.3, 0.4) is 0 Å². The Labute approximate surface area is 96.4 Å². The third-order valence-electron chi connectivity index (χ3n) is 3.79. The van der Waals surface area contributed by atoms with Gasteiger partial charge >= 0.3 is 0 Å². The van der Waals surface area contributed by atoms with Crippen molar-refractivity contribution >= 4 is 11.8 Å². The Bertz CT molecular complexity index is 317. The average molecular weight is 224 g/mol. The summed E-state index contributed by atoms with van der Waals surface area (Å²) in [6.45, 7) is 5.74. The molecule has 0 aromatic heterocycles. The van der Waals surface area contributed by atoms with E-state index in [1.807, 2.05) is 18.7 Å². The molecule has 1 N–H and O–H groups in total. The molecule has 90 valence electrons. The predicted octanol–water partition coefficient (Wildman–Crippen LogP) is 1.05. The van der Waals surface area contributed by atoms with Gasteiger partial charge in [-0.05, 0) is 33.6 Å². The Balaban J connectivity index is 2.39. The summed E-state index contributed by atoms with van der Waals surface area (Å²) < 4.78 is 0. The zero-order chi connectivity index (χ0) is 11.9. The van der Waals surface area contributed by atoms with Gasteiger partial charge in [0.15, 0.2) is 0 Å². The number of nitrogens with zero attached hydrogens (tertiary/aromatic N) is 1. The molecule has 1 atom stereocenters. The maximum absolute atomic E-state index is 12.2. The Morgan fingerprint density at radius 3 is 2.38 bits per heavy atom. The highest BCUT2D eigenvalue weighted by molar-refractivity contribution is 6.00. The maximum atomic E-state index is 12.2. The van der Waals surface area contributed by atoms with Crippen LogP contribution in [-0.4, -0.2) is 34.3 Å². The number of amides is 2. The first kappa shape index (κ1) is 11.4. The van der Waals surface area contributed by atoms with Gasteiger partial charge in [0.1, 0.15) is 11.6 Å². The summed E-state index contributed by atoms with van der Waals surface area (Å²) in [5.74, 6) is 0.113. The quantitative estimate of drug-likeness (QED) is 0.724. The first-order valence-electron chi connectivity index (χ1n) is 6.13. The van der Waals surface area contributed by atoms with Gasteiger partial charge in [0.2, 0.25) is 11.8 Å². The molecule has 4 nitrogen and oxygen atoms in total. The van der Waals surface area contributed by atoms with Gasteiger partial charge in [-0.2, -0.15) is 0 Å². The largest absolute Gasteiger partial charge is 0.343 e. The Kier molecular flexibility index (Phi) is 2.68. The Morgan fingerprint density at radius 2 is 1.88 bits per heavy atom. The smallest absolute Gasteiger partial charge is 0.246 e. The van der Waals surface area contributed by atoms with E-state index >= 15 is 0 Å². The third-order valence-corrected chi connectivity index (χ3v) is 3.79. The fraction of sp³-hybridized carbons (Fsp3) is 0.833. The maximum Gasteiger partial charge on any atom is 0.246 e. The SMILES string of the molecule is CC1NC(=O)C2(CCCC2)N(C(C)C)C1=O. The molecular weight excluding hydrogens is 204 g/mol. The molecule has 4 heteroatoms. The highest BCUT2D eigenvalue weighted by atomic mass is 16.2. The van der Waals surface area contributed by atoms with Crippen molar-refractivity contribution < 1.29 is 9.59 Å². The van der Waals surface area contributed by atoms with Crippen LogP contribution in [0.4, 0.5) is 0 Å². The van der Waals surface area contributed by atoms with Gasteiger partial charge in [-0.25, -0.2) is 0 Å². The fourth-order valence-electron chi connectivity index (χ4n) is 3.10. The van der Waals surface area contributed by atoms with Gasteiger partial charge in [0.05, 0.1) is 0 Å². The average Bonchev–Trinajstić information content (AvgIpc) is 2.65. The third kappa shape index (κ3) is 1.43. The Morgan fingerprint density at radius 1 is 1.31 bits per heavy atom. The Hall–Kier alpha value is -1.06. The molecule has 0 aromatic rings. The number of carbonyl (C=O) groups is 2. The van der Waals surface area contributed by atoms with Crippen molar-refractivity contribution in [2.24, 2.45) is 0 Å².